The van der Waals surface area contributed by atoms with Gasteiger partial charge in [-0.1, -0.05) is 6.07 Å². The average Bonchev–Trinajstić information content (AvgIpc) is 2.39. The van der Waals surface area contributed by atoms with Gasteiger partial charge in [0.1, 0.15) is 0 Å². The largest absolute Gasteiger partial charge is 0.325 e. The van der Waals surface area contributed by atoms with Crippen molar-refractivity contribution in [2.24, 2.45) is 5.92 Å². The highest BCUT2D eigenvalue weighted by atomic mass is 127. The zero-order chi connectivity index (χ0) is 14.4. The van der Waals surface area contributed by atoms with Gasteiger partial charge in [0.2, 0.25) is 5.91 Å². The van der Waals surface area contributed by atoms with Crippen molar-refractivity contribution in [3.8, 4) is 0 Å². The zero-order valence-corrected chi connectivity index (χ0v) is 15.2. The van der Waals surface area contributed by atoms with E-state index in [-0.39, 0.29) is 18.3 Å². The molecule has 0 aromatic heterocycles. The maximum Gasteiger partial charge on any atom is 0.238 e. The number of halogens is 2. The van der Waals surface area contributed by atoms with Crippen LogP contribution in [0, 0.1) is 9.49 Å². The smallest absolute Gasteiger partial charge is 0.238 e. The molecule has 1 aliphatic heterocycles. The first-order valence-electron chi connectivity index (χ1n) is 7.10. The first-order chi connectivity index (χ1) is 9.67. The van der Waals surface area contributed by atoms with Crippen LogP contribution >= 0.6 is 35.0 Å². The fourth-order valence-electron chi connectivity index (χ4n) is 2.72. The topological polar surface area (TPSA) is 44.4 Å². The highest BCUT2D eigenvalue weighted by Crippen LogP contribution is 2.16. The Morgan fingerprint density at radius 2 is 2.29 bits per heavy atom. The molecule has 0 spiro atoms. The maximum atomic E-state index is 12.1. The Morgan fingerprint density at radius 3 is 3.00 bits per heavy atom. The van der Waals surface area contributed by atoms with E-state index in [1.54, 1.807) is 0 Å². The Balaban J connectivity index is 0.00000220. The van der Waals surface area contributed by atoms with Crippen LogP contribution in [-0.4, -0.2) is 44.0 Å². The summed E-state index contributed by atoms with van der Waals surface area (Å²) in [4.78, 5) is 14.3. The van der Waals surface area contributed by atoms with E-state index in [9.17, 15) is 4.79 Å². The molecule has 6 heteroatoms. The molecule has 1 fully saturated rings. The Kier molecular flexibility index (Phi) is 8.55. The third kappa shape index (κ3) is 6.50. The maximum absolute atomic E-state index is 12.1. The molecule has 1 saturated heterocycles. The van der Waals surface area contributed by atoms with Gasteiger partial charge in [0, 0.05) is 15.8 Å². The summed E-state index contributed by atoms with van der Waals surface area (Å²) in [5, 5.41) is 6.21. The van der Waals surface area contributed by atoms with Crippen LogP contribution in [0.3, 0.4) is 0 Å². The second-order valence-corrected chi connectivity index (χ2v) is 6.61. The van der Waals surface area contributed by atoms with Crippen LogP contribution < -0.4 is 10.6 Å². The second kappa shape index (κ2) is 9.61. The van der Waals surface area contributed by atoms with Gasteiger partial charge in [0.05, 0.1) is 6.54 Å². The predicted molar refractivity (Wildman–Crippen MR) is 98.1 cm³/mol. The van der Waals surface area contributed by atoms with E-state index in [1.807, 2.05) is 31.3 Å². The molecular weight excluding hydrogens is 401 g/mol. The standard InChI is InChI=1S/C15H22IN3O.ClH/c1-17-9-12-4-3-7-19(10-12)11-15(20)18-14-6-2-5-13(16)8-14;/h2,5-6,8,12,17H,3-4,7,9-11H2,1H3,(H,18,20);1H. The van der Waals surface area contributed by atoms with Crippen molar-refractivity contribution in [2.45, 2.75) is 12.8 Å². The van der Waals surface area contributed by atoms with E-state index < -0.39 is 0 Å². The van der Waals surface area contributed by atoms with Crippen molar-refractivity contribution in [3.63, 3.8) is 0 Å². The Hall–Kier alpha value is -0.370. The van der Waals surface area contributed by atoms with E-state index in [0.29, 0.717) is 12.5 Å². The van der Waals surface area contributed by atoms with Crippen LogP contribution in [0.1, 0.15) is 12.8 Å². The number of carbonyl (C=O) groups excluding carboxylic acids is 1. The molecule has 2 rings (SSSR count). The van der Waals surface area contributed by atoms with Gasteiger partial charge in [-0.3, -0.25) is 9.69 Å². The number of amides is 1. The fourth-order valence-corrected chi connectivity index (χ4v) is 3.26. The highest BCUT2D eigenvalue weighted by Gasteiger charge is 2.20. The Morgan fingerprint density at radius 1 is 1.48 bits per heavy atom. The van der Waals surface area contributed by atoms with Gasteiger partial charge in [-0.25, -0.2) is 0 Å². The number of nitrogens with zero attached hydrogens (tertiary/aromatic N) is 1. The van der Waals surface area contributed by atoms with Gasteiger partial charge in [-0.2, -0.15) is 0 Å². The molecule has 1 atom stereocenters. The minimum absolute atomic E-state index is 0. The van der Waals surface area contributed by atoms with Crippen molar-refractivity contribution in [3.05, 3.63) is 27.8 Å². The van der Waals surface area contributed by atoms with Crippen LogP contribution in [0.4, 0.5) is 5.69 Å². The summed E-state index contributed by atoms with van der Waals surface area (Å²) in [7, 11) is 1.99. The predicted octanol–water partition coefficient (Wildman–Crippen LogP) is 2.58. The molecule has 2 N–H and O–H groups in total. The van der Waals surface area contributed by atoms with Gasteiger partial charge < -0.3 is 10.6 Å². The van der Waals surface area contributed by atoms with Crippen LogP contribution in [0.25, 0.3) is 0 Å². The number of piperidine rings is 1. The SMILES string of the molecule is CNCC1CCCN(CC(=O)Nc2cccc(I)c2)C1.Cl. The highest BCUT2D eigenvalue weighted by molar-refractivity contribution is 14.1. The third-order valence-electron chi connectivity index (χ3n) is 3.57. The molecule has 21 heavy (non-hydrogen) atoms. The number of hydrogen-bond donors (Lipinski definition) is 2. The Bertz CT molecular complexity index is 456. The number of carbonyl (C=O) groups is 1. The number of hydrogen-bond acceptors (Lipinski definition) is 3. The van der Waals surface area contributed by atoms with Gasteiger partial charge in [0.25, 0.3) is 0 Å². The fraction of sp³-hybridized carbons (Fsp3) is 0.533. The molecule has 1 aliphatic rings. The van der Waals surface area contributed by atoms with E-state index in [2.05, 4.69) is 38.1 Å². The summed E-state index contributed by atoms with van der Waals surface area (Å²) in [5.74, 6) is 0.747. The van der Waals surface area contributed by atoms with Gasteiger partial charge >= 0.3 is 0 Å². The van der Waals surface area contributed by atoms with Crippen LogP contribution in [0.5, 0.6) is 0 Å². The van der Waals surface area contributed by atoms with E-state index in [1.165, 1.54) is 12.8 Å². The van der Waals surface area contributed by atoms with Gasteiger partial charge in [0.15, 0.2) is 0 Å². The zero-order valence-electron chi connectivity index (χ0n) is 12.3. The number of benzene rings is 1. The molecule has 0 radical (unpaired) electrons. The summed E-state index contributed by atoms with van der Waals surface area (Å²) in [6, 6.07) is 7.89. The molecule has 0 saturated carbocycles. The third-order valence-corrected chi connectivity index (χ3v) is 4.24. The summed E-state index contributed by atoms with van der Waals surface area (Å²) in [5.41, 5.74) is 0.880. The molecule has 1 unspecified atom stereocenters. The van der Waals surface area contributed by atoms with Crippen molar-refractivity contribution in [1.29, 1.82) is 0 Å². The van der Waals surface area contributed by atoms with Crippen molar-refractivity contribution in [1.82, 2.24) is 10.2 Å². The summed E-state index contributed by atoms with van der Waals surface area (Å²) in [6.45, 7) is 3.57. The summed E-state index contributed by atoms with van der Waals surface area (Å²) in [6.07, 6.45) is 2.44. The van der Waals surface area contributed by atoms with Crippen molar-refractivity contribution < 1.29 is 4.79 Å². The summed E-state index contributed by atoms with van der Waals surface area (Å²) < 4.78 is 1.13. The molecule has 0 aliphatic carbocycles. The van der Waals surface area contributed by atoms with E-state index in [0.717, 1.165) is 28.9 Å². The van der Waals surface area contributed by atoms with E-state index >= 15 is 0 Å². The number of likely N-dealkylation sites (tertiary alicyclic amines) is 1. The number of nitrogens with one attached hydrogen (secondary N) is 2. The lowest BCUT2D eigenvalue weighted by molar-refractivity contribution is -0.117. The lowest BCUT2D eigenvalue weighted by Crippen LogP contribution is -2.42. The molecule has 1 aromatic rings. The van der Waals surface area contributed by atoms with Crippen LogP contribution in [0.15, 0.2) is 24.3 Å². The molecule has 1 heterocycles. The number of rotatable bonds is 5. The molecule has 1 aromatic carbocycles. The van der Waals surface area contributed by atoms with Crippen molar-refractivity contribution >= 4 is 46.6 Å². The quantitative estimate of drug-likeness (QED) is 0.716. The second-order valence-electron chi connectivity index (χ2n) is 5.36. The van der Waals surface area contributed by atoms with E-state index in [4.69, 9.17) is 0 Å². The first kappa shape index (κ1) is 18.7. The minimum Gasteiger partial charge on any atom is -0.325 e. The first-order valence-corrected chi connectivity index (χ1v) is 8.17. The molecule has 4 nitrogen and oxygen atoms in total. The molecule has 1 amide bonds. The average molecular weight is 424 g/mol. The monoisotopic (exact) mass is 423 g/mol. The van der Waals surface area contributed by atoms with Crippen molar-refractivity contribution in [2.75, 3.05) is 38.5 Å². The number of anilines is 1. The minimum atomic E-state index is 0. The Labute approximate surface area is 146 Å². The molecule has 0 bridgehead atoms. The summed E-state index contributed by atoms with van der Waals surface area (Å²) >= 11 is 2.25. The normalized spacial score (nSPS) is 18.9. The lowest BCUT2D eigenvalue weighted by Gasteiger charge is -2.32. The molecule has 118 valence electrons. The lowest BCUT2D eigenvalue weighted by atomic mass is 9.98. The van der Waals surface area contributed by atoms with Gasteiger partial charge in [-0.05, 0) is 79.7 Å². The molecular formula is C15H23ClIN3O. The van der Waals surface area contributed by atoms with Gasteiger partial charge in [-0.15, -0.1) is 12.4 Å². The van der Waals surface area contributed by atoms with Crippen LogP contribution in [0.2, 0.25) is 0 Å². The van der Waals surface area contributed by atoms with Crippen LogP contribution in [-0.2, 0) is 4.79 Å².